The van der Waals surface area contributed by atoms with Crippen molar-refractivity contribution in [1.82, 2.24) is 10.2 Å². The normalized spacial score (nSPS) is 21.8. The van der Waals surface area contributed by atoms with Crippen LogP contribution < -0.4 is 10.1 Å². The van der Waals surface area contributed by atoms with Gasteiger partial charge in [0.1, 0.15) is 11.9 Å². The second-order valence-electron chi connectivity index (χ2n) is 4.94. The number of methoxy groups -OCH3 is 1. The summed E-state index contributed by atoms with van der Waals surface area (Å²) in [4.78, 5) is 13.8. The lowest BCUT2D eigenvalue weighted by Crippen LogP contribution is -2.41. The van der Waals surface area contributed by atoms with E-state index in [-0.39, 0.29) is 18.9 Å². The molecule has 0 aromatic heterocycles. The molecule has 1 N–H and O–H groups in total. The SMILES string of the molecule is COc1ccc(Br)cc1CN(C)C(=O)[C@H]1C[C@H](F)CN1. The molecule has 6 heteroatoms. The van der Waals surface area contributed by atoms with Gasteiger partial charge in [-0.05, 0) is 18.2 Å². The van der Waals surface area contributed by atoms with Crippen LogP contribution in [0.5, 0.6) is 5.75 Å². The number of carbonyl (C=O) groups is 1. The fourth-order valence-electron chi connectivity index (χ4n) is 2.35. The van der Waals surface area contributed by atoms with Crippen molar-refractivity contribution in [2.24, 2.45) is 0 Å². The van der Waals surface area contributed by atoms with E-state index in [1.165, 1.54) is 0 Å². The fraction of sp³-hybridized carbons (Fsp3) is 0.500. The van der Waals surface area contributed by atoms with Gasteiger partial charge in [-0.1, -0.05) is 15.9 Å². The van der Waals surface area contributed by atoms with Gasteiger partial charge in [-0.3, -0.25) is 4.79 Å². The quantitative estimate of drug-likeness (QED) is 0.909. The molecule has 4 nitrogen and oxygen atoms in total. The van der Waals surface area contributed by atoms with Crippen molar-refractivity contribution < 1.29 is 13.9 Å². The average molecular weight is 345 g/mol. The standard InChI is InChI=1S/C14H18BrFN2O2/c1-18(14(19)12-6-11(16)7-17-12)8-9-5-10(15)3-4-13(9)20-2/h3-5,11-12,17H,6-8H2,1-2H3/t11-,12+/m0/s1. The highest BCUT2D eigenvalue weighted by Gasteiger charge is 2.31. The zero-order valence-corrected chi connectivity index (χ0v) is 13.1. The summed E-state index contributed by atoms with van der Waals surface area (Å²) in [6.07, 6.45) is -0.684. The molecule has 1 aromatic rings. The molecule has 0 radical (unpaired) electrons. The molecule has 2 rings (SSSR count). The van der Waals surface area contributed by atoms with Crippen molar-refractivity contribution >= 4 is 21.8 Å². The van der Waals surface area contributed by atoms with E-state index in [1.807, 2.05) is 18.2 Å². The third-order valence-electron chi connectivity index (χ3n) is 3.40. The molecule has 20 heavy (non-hydrogen) atoms. The Hall–Kier alpha value is -1.14. The molecule has 0 bridgehead atoms. The summed E-state index contributed by atoms with van der Waals surface area (Å²) >= 11 is 3.41. The van der Waals surface area contributed by atoms with Gasteiger partial charge in [0.05, 0.1) is 13.2 Å². The Morgan fingerprint density at radius 3 is 2.95 bits per heavy atom. The van der Waals surface area contributed by atoms with Gasteiger partial charge in [-0.25, -0.2) is 4.39 Å². The van der Waals surface area contributed by atoms with Crippen LogP contribution in [-0.4, -0.2) is 43.7 Å². The molecule has 0 unspecified atom stereocenters. The summed E-state index contributed by atoms with van der Waals surface area (Å²) in [6, 6.07) is 5.23. The Morgan fingerprint density at radius 1 is 1.60 bits per heavy atom. The van der Waals surface area contributed by atoms with Crippen LogP contribution >= 0.6 is 15.9 Å². The third-order valence-corrected chi connectivity index (χ3v) is 3.89. The second-order valence-corrected chi connectivity index (χ2v) is 5.86. The van der Waals surface area contributed by atoms with Gasteiger partial charge in [-0.2, -0.15) is 0 Å². The van der Waals surface area contributed by atoms with E-state index >= 15 is 0 Å². The summed E-state index contributed by atoms with van der Waals surface area (Å²) in [5, 5.41) is 2.91. The molecule has 1 aromatic carbocycles. The molecular formula is C14H18BrFN2O2. The first-order valence-electron chi connectivity index (χ1n) is 6.46. The minimum absolute atomic E-state index is 0.0906. The molecule has 1 aliphatic heterocycles. The molecule has 1 amide bonds. The smallest absolute Gasteiger partial charge is 0.239 e. The molecule has 1 heterocycles. The van der Waals surface area contributed by atoms with Crippen LogP contribution in [0.3, 0.4) is 0 Å². The number of hydrogen-bond donors (Lipinski definition) is 1. The number of halogens is 2. The first-order valence-corrected chi connectivity index (χ1v) is 7.25. The van der Waals surface area contributed by atoms with E-state index in [9.17, 15) is 9.18 Å². The number of amides is 1. The molecular weight excluding hydrogens is 327 g/mol. The lowest BCUT2D eigenvalue weighted by molar-refractivity contribution is -0.132. The Morgan fingerprint density at radius 2 is 2.35 bits per heavy atom. The van der Waals surface area contributed by atoms with E-state index in [0.29, 0.717) is 6.54 Å². The van der Waals surface area contributed by atoms with Crippen molar-refractivity contribution in [3.05, 3.63) is 28.2 Å². The topological polar surface area (TPSA) is 41.6 Å². The van der Waals surface area contributed by atoms with E-state index in [1.54, 1.807) is 19.1 Å². The highest BCUT2D eigenvalue weighted by molar-refractivity contribution is 9.10. The van der Waals surface area contributed by atoms with E-state index in [4.69, 9.17) is 4.74 Å². The predicted molar refractivity (Wildman–Crippen MR) is 78.5 cm³/mol. The van der Waals surface area contributed by atoms with Gasteiger partial charge in [0, 0.05) is 36.6 Å². The first kappa shape index (κ1) is 15.3. The zero-order chi connectivity index (χ0) is 14.7. The average Bonchev–Trinajstić information content (AvgIpc) is 2.84. The maximum absolute atomic E-state index is 13.1. The lowest BCUT2D eigenvalue weighted by atomic mass is 10.1. The van der Waals surface area contributed by atoms with Crippen LogP contribution in [0, 0.1) is 0 Å². The van der Waals surface area contributed by atoms with Crippen LogP contribution in [0.15, 0.2) is 22.7 Å². The van der Waals surface area contributed by atoms with Crippen LogP contribution in [0.1, 0.15) is 12.0 Å². The summed E-state index contributed by atoms with van der Waals surface area (Å²) in [5.41, 5.74) is 0.910. The first-order chi connectivity index (χ1) is 9.51. The van der Waals surface area contributed by atoms with Crippen molar-refractivity contribution in [3.8, 4) is 5.75 Å². The molecule has 0 spiro atoms. The highest BCUT2D eigenvalue weighted by atomic mass is 79.9. The number of carbonyl (C=O) groups excluding carboxylic acids is 1. The van der Waals surface area contributed by atoms with Crippen molar-refractivity contribution in [2.75, 3.05) is 20.7 Å². The summed E-state index contributed by atoms with van der Waals surface area (Å²) in [5.74, 6) is 0.641. The number of rotatable bonds is 4. The lowest BCUT2D eigenvalue weighted by Gasteiger charge is -2.22. The summed E-state index contributed by atoms with van der Waals surface area (Å²) in [6.45, 7) is 0.682. The van der Waals surface area contributed by atoms with Gasteiger partial charge in [0.25, 0.3) is 0 Å². The van der Waals surface area contributed by atoms with Crippen LogP contribution in [0.25, 0.3) is 0 Å². The predicted octanol–water partition coefficient (Wildman–Crippen LogP) is 2.12. The van der Waals surface area contributed by atoms with Gasteiger partial charge >= 0.3 is 0 Å². The van der Waals surface area contributed by atoms with Crippen molar-refractivity contribution in [3.63, 3.8) is 0 Å². The zero-order valence-electron chi connectivity index (χ0n) is 11.5. The largest absolute Gasteiger partial charge is 0.496 e. The van der Waals surface area contributed by atoms with E-state index in [2.05, 4.69) is 21.2 Å². The van der Waals surface area contributed by atoms with E-state index < -0.39 is 12.2 Å². The number of nitrogens with zero attached hydrogens (tertiary/aromatic N) is 1. The third kappa shape index (κ3) is 3.49. The van der Waals surface area contributed by atoms with Gasteiger partial charge < -0.3 is 15.0 Å². The Kier molecular flexibility index (Phi) is 4.99. The number of hydrogen-bond acceptors (Lipinski definition) is 3. The maximum atomic E-state index is 13.1. The van der Waals surface area contributed by atoms with Crippen LogP contribution in [0.4, 0.5) is 4.39 Å². The van der Waals surface area contributed by atoms with Gasteiger partial charge in [0.15, 0.2) is 0 Å². The van der Waals surface area contributed by atoms with Gasteiger partial charge in [-0.15, -0.1) is 0 Å². The summed E-state index contributed by atoms with van der Waals surface area (Å²) in [7, 11) is 3.32. The number of benzene rings is 1. The van der Waals surface area contributed by atoms with E-state index in [0.717, 1.165) is 15.8 Å². The minimum Gasteiger partial charge on any atom is -0.496 e. The second kappa shape index (κ2) is 6.54. The number of alkyl halides is 1. The monoisotopic (exact) mass is 344 g/mol. The molecule has 2 atom stereocenters. The molecule has 1 fully saturated rings. The van der Waals surface area contributed by atoms with Crippen LogP contribution in [0.2, 0.25) is 0 Å². The van der Waals surface area contributed by atoms with Crippen molar-refractivity contribution in [1.29, 1.82) is 0 Å². The highest BCUT2D eigenvalue weighted by Crippen LogP contribution is 2.24. The van der Waals surface area contributed by atoms with Crippen molar-refractivity contribution in [2.45, 2.75) is 25.2 Å². The Labute approximate surface area is 126 Å². The minimum atomic E-state index is -0.933. The number of nitrogens with one attached hydrogen (secondary N) is 1. The van der Waals surface area contributed by atoms with Crippen LogP contribution in [-0.2, 0) is 11.3 Å². The molecule has 0 saturated carbocycles. The Balaban J connectivity index is 2.05. The summed E-state index contributed by atoms with van der Waals surface area (Å²) < 4.78 is 19.4. The maximum Gasteiger partial charge on any atom is 0.239 e. The molecule has 110 valence electrons. The fourth-order valence-corrected chi connectivity index (χ4v) is 2.76. The Bertz CT molecular complexity index is 498. The molecule has 1 saturated heterocycles. The van der Waals surface area contributed by atoms with Gasteiger partial charge in [0.2, 0.25) is 5.91 Å². The molecule has 0 aliphatic carbocycles. The number of likely N-dealkylation sites (N-methyl/N-ethyl adjacent to an activating group) is 1. The number of ether oxygens (including phenoxy) is 1. The molecule has 1 aliphatic rings.